The van der Waals surface area contributed by atoms with Gasteiger partial charge in [0.15, 0.2) is 5.96 Å². The first-order valence-corrected chi connectivity index (χ1v) is 9.39. The van der Waals surface area contributed by atoms with E-state index in [1.165, 1.54) is 15.4 Å². The number of thiazole rings is 1. The lowest BCUT2D eigenvalue weighted by molar-refractivity contribution is 0.795. The van der Waals surface area contributed by atoms with Crippen LogP contribution in [0.4, 0.5) is 0 Å². The van der Waals surface area contributed by atoms with Gasteiger partial charge in [-0.15, -0.1) is 35.3 Å². The zero-order chi connectivity index (χ0) is 16.7. The molecule has 1 aromatic heterocycles. The van der Waals surface area contributed by atoms with Crippen molar-refractivity contribution < 1.29 is 0 Å². The van der Waals surface area contributed by atoms with Crippen LogP contribution in [0.15, 0.2) is 33.7 Å². The van der Waals surface area contributed by atoms with Gasteiger partial charge in [0.05, 0.1) is 17.2 Å². The number of hydrogen-bond acceptors (Lipinski definition) is 3. The molecule has 0 radical (unpaired) electrons. The van der Waals surface area contributed by atoms with E-state index in [1.54, 1.807) is 11.3 Å². The number of nitrogens with zero attached hydrogens (tertiary/aromatic N) is 2. The smallest absolute Gasteiger partial charge is 0.191 e. The van der Waals surface area contributed by atoms with Crippen molar-refractivity contribution in [2.75, 3.05) is 13.1 Å². The van der Waals surface area contributed by atoms with Crippen molar-refractivity contribution in [1.82, 2.24) is 15.6 Å². The minimum atomic E-state index is 0. The Kier molecular flexibility index (Phi) is 9.84. The van der Waals surface area contributed by atoms with E-state index >= 15 is 0 Å². The van der Waals surface area contributed by atoms with Gasteiger partial charge in [-0.2, -0.15) is 0 Å². The van der Waals surface area contributed by atoms with Crippen LogP contribution >= 0.6 is 51.2 Å². The Hall–Kier alpha value is -0.670. The maximum absolute atomic E-state index is 4.64. The molecule has 0 unspecified atom stereocenters. The van der Waals surface area contributed by atoms with Gasteiger partial charge in [0.1, 0.15) is 0 Å². The summed E-state index contributed by atoms with van der Waals surface area (Å²) in [7, 11) is 0. The van der Waals surface area contributed by atoms with Crippen LogP contribution in [0.3, 0.4) is 0 Å². The van der Waals surface area contributed by atoms with E-state index in [4.69, 9.17) is 0 Å². The maximum Gasteiger partial charge on any atom is 0.191 e. The van der Waals surface area contributed by atoms with Crippen LogP contribution < -0.4 is 10.6 Å². The molecule has 0 atom stereocenters. The minimum Gasteiger partial charge on any atom is -0.357 e. The largest absolute Gasteiger partial charge is 0.357 e. The summed E-state index contributed by atoms with van der Waals surface area (Å²) in [6.45, 7) is 8.59. The number of rotatable bonds is 6. The molecule has 0 saturated heterocycles. The molecule has 2 aromatic rings. The van der Waals surface area contributed by atoms with E-state index in [9.17, 15) is 0 Å². The third kappa shape index (κ3) is 7.06. The summed E-state index contributed by atoms with van der Waals surface area (Å²) in [5.41, 5.74) is 2.32. The van der Waals surface area contributed by atoms with E-state index in [0.717, 1.165) is 35.6 Å². The first-order chi connectivity index (χ1) is 11.1. The van der Waals surface area contributed by atoms with Gasteiger partial charge in [0.2, 0.25) is 0 Å². The lowest BCUT2D eigenvalue weighted by atomic mass is 10.2. The first kappa shape index (κ1) is 21.4. The van der Waals surface area contributed by atoms with Crippen molar-refractivity contribution in [3.05, 3.63) is 49.9 Å². The number of aromatic nitrogens is 1. The molecule has 0 aliphatic rings. The van der Waals surface area contributed by atoms with Gasteiger partial charge in [0.25, 0.3) is 0 Å². The summed E-state index contributed by atoms with van der Waals surface area (Å²) in [4.78, 5) is 10.5. The van der Waals surface area contributed by atoms with Crippen LogP contribution in [0, 0.1) is 13.8 Å². The quantitative estimate of drug-likeness (QED) is 0.335. The fraction of sp³-hybridized carbons (Fsp3) is 0.412. The molecule has 4 nitrogen and oxygen atoms in total. The SMILES string of the molecule is CCNC(=NCc1cccc(Br)c1)NCCc1nc(C)c(C)s1.I. The van der Waals surface area contributed by atoms with Crippen LogP contribution in [-0.4, -0.2) is 24.0 Å². The summed E-state index contributed by atoms with van der Waals surface area (Å²) in [6.07, 6.45) is 0.917. The van der Waals surface area contributed by atoms with Crippen LogP contribution in [0.2, 0.25) is 0 Å². The molecule has 0 bridgehead atoms. The van der Waals surface area contributed by atoms with Crippen LogP contribution in [0.25, 0.3) is 0 Å². The van der Waals surface area contributed by atoms with E-state index < -0.39 is 0 Å². The van der Waals surface area contributed by atoms with Crippen LogP contribution in [-0.2, 0) is 13.0 Å². The molecule has 7 heteroatoms. The highest BCUT2D eigenvalue weighted by Crippen LogP contribution is 2.16. The Labute approximate surface area is 173 Å². The van der Waals surface area contributed by atoms with Crippen molar-refractivity contribution in [2.45, 2.75) is 33.7 Å². The lowest BCUT2D eigenvalue weighted by Crippen LogP contribution is -2.38. The fourth-order valence-electron chi connectivity index (χ4n) is 2.08. The van der Waals surface area contributed by atoms with Gasteiger partial charge >= 0.3 is 0 Å². The Morgan fingerprint density at radius 2 is 2.08 bits per heavy atom. The summed E-state index contributed by atoms with van der Waals surface area (Å²) in [5.74, 6) is 0.845. The summed E-state index contributed by atoms with van der Waals surface area (Å²) in [5, 5.41) is 7.83. The third-order valence-corrected chi connectivity index (χ3v) is 4.98. The van der Waals surface area contributed by atoms with Gasteiger partial charge < -0.3 is 10.6 Å². The topological polar surface area (TPSA) is 49.3 Å². The standard InChI is InChI=1S/C17H23BrN4S.HI/c1-4-19-17(21-11-14-6-5-7-15(18)10-14)20-9-8-16-22-12(2)13(3)23-16;/h5-7,10H,4,8-9,11H2,1-3H3,(H2,19,20,21);1H. The average Bonchev–Trinajstić information content (AvgIpc) is 2.83. The molecular formula is C17H24BrIN4S. The zero-order valence-corrected chi connectivity index (χ0v) is 19.0. The zero-order valence-electron chi connectivity index (χ0n) is 14.2. The molecule has 0 amide bonds. The molecular weight excluding hydrogens is 499 g/mol. The molecule has 0 aliphatic heterocycles. The molecule has 24 heavy (non-hydrogen) atoms. The number of nitrogens with one attached hydrogen (secondary N) is 2. The molecule has 1 aromatic carbocycles. The second kappa shape index (κ2) is 11.0. The predicted molar refractivity (Wildman–Crippen MR) is 118 cm³/mol. The number of benzene rings is 1. The molecule has 132 valence electrons. The van der Waals surface area contributed by atoms with Crippen molar-refractivity contribution in [1.29, 1.82) is 0 Å². The van der Waals surface area contributed by atoms with Crippen molar-refractivity contribution in [2.24, 2.45) is 4.99 Å². The first-order valence-electron chi connectivity index (χ1n) is 7.78. The predicted octanol–water partition coefficient (Wildman–Crippen LogP) is 4.44. The monoisotopic (exact) mass is 522 g/mol. The highest BCUT2D eigenvalue weighted by Gasteiger charge is 2.04. The van der Waals surface area contributed by atoms with Gasteiger partial charge in [-0.25, -0.2) is 9.98 Å². The molecule has 2 N–H and O–H groups in total. The molecule has 0 spiro atoms. The second-order valence-corrected chi connectivity index (χ2v) is 7.45. The third-order valence-electron chi connectivity index (χ3n) is 3.36. The summed E-state index contributed by atoms with van der Waals surface area (Å²) in [6, 6.07) is 8.23. The van der Waals surface area contributed by atoms with E-state index in [-0.39, 0.29) is 24.0 Å². The number of guanidine groups is 1. The van der Waals surface area contributed by atoms with Gasteiger partial charge in [-0.1, -0.05) is 28.1 Å². The highest BCUT2D eigenvalue weighted by atomic mass is 127. The van der Waals surface area contributed by atoms with E-state index in [0.29, 0.717) is 6.54 Å². The molecule has 1 heterocycles. The van der Waals surface area contributed by atoms with Gasteiger partial charge in [-0.3, -0.25) is 0 Å². The highest BCUT2D eigenvalue weighted by molar-refractivity contribution is 14.0. The maximum atomic E-state index is 4.64. The Balaban J connectivity index is 0.00000288. The Bertz CT molecular complexity index is 653. The average molecular weight is 523 g/mol. The van der Waals surface area contributed by atoms with E-state index in [2.05, 4.69) is 69.4 Å². The van der Waals surface area contributed by atoms with Crippen molar-refractivity contribution in [3.63, 3.8) is 0 Å². The number of hydrogen-bond donors (Lipinski definition) is 2. The Morgan fingerprint density at radius 3 is 2.71 bits per heavy atom. The van der Waals surface area contributed by atoms with Crippen LogP contribution in [0.5, 0.6) is 0 Å². The fourth-order valence-corrected chi connectivity index (χ4v) is 3.46. The number of aryl methyl sites for hydroxylation is 2. The molecule has 0 fully saturated rings. The van der Waals surface area contributed by atoms with Crippen molar-refractivity contribution in [3.8, 4) is 0 Å². The number of aliphatic imine (C=N–C) groups is 1. The van der Waals surface area contributed by atoms with Gasteiger partial charge in [-0.05, 0) is 38.5 Å². The minimum absolute atomic E-state index is 0. The van der Waals surface area contributed by atoms with Crippen LogP contribution in [0.1, 0.15) is 28.1 Å². The molecule has 0 aliphatic carbocycles. The number of halogens is 2. The summed E-state index contributed by atoms with van der Waals surface area (Å²) < 4.78 is 1.08. The second-order valence-electron chi connectivity index (χ2n) is 5.25. The summed E-state index contributed by atoms with van der Waals surface area (Å²) >= 11 is 5.26. The Morgan fingerprint density at radius 1 is 1.29 bits per heavy atom. The van der Waals surface area contributed by atoms with Gasteiger partial charge in [0, 0.05) is 28.9 Å². The molecule has 0 saturated carbocycles. The molecule has 2 rings (SSSR count). The normalized spacial score (nSPS) is 11.1. The van der Waals surface area contributed by atoms with E-state index in [1.807, 2.05) is 12.1 Å². The van der Waals surface area contributed by atoms with Crippen molar-refractivity contribution >= 4 is 57.2 Å². The lowest BCUT2D eigenvalue weighted by Gasteiger charge is -2.10.